The summed E-state index contributed by atoms with van der Waals surface area (Å²) in [6.07, 6.45) is 1.59. The first-order valence-corrected chi connectivity index (χ1v) is 5.30. The average Bonchev–Trinajstić information content (AvgIpc) is 2.87. The van der Waals surface area contributed by atoms with Gasteiger partial charge in [0.05, 0.1) is 14.2 Å². The SMILES string of the molecule is COc1ccc(-c2cc[nH]c2C(=O)O)c(OC)c1. The van der Waals surface area contributed by atoms with Gasteiger partial charge < -0.3 is 19.6 Å². The molecular weight excluding hydrogens is 234 g/mol. The lowest BCUT2D eigenvalue weighted by Gasteiger charge is -2.10. The number of carboxylic acid groups (broad SMARTS) is 1. The molecule has 0 aliphatic heterocycles. The van der Waals surface area contributed by atoms with Gasteiger partial charge in [0.1, 0.15) is 17.2 Å². The maximum absolute atomic E-state index is 11.1. The van der Waals surface area contributed by atoms with E-state index in [0.717, 1.165) is 0 Å². The van der Waals surface area contributed by atoms with Crippen LogP contribution in [0, 0.1) is 0 Å². The molecule has 1 heterocycles. The summed E-state index contributed by atoms with van der Waals surface area (Å²) in [6, 6.07) is 6.95. The van der Waals surface area contributed by atoms with Gasteiger partial charge in [-0.1, -0.05) is 0 Å². The largest absolute Gasteiger partial charge is 0.497 e. The Morgan fingerprint density at radius 1 is 1.17 bits per heavy atom. The Morgan fingerprint density at radius 3 is 2.56 bits per heavy atom. The van der Waals surface area contributed by atoms with Crippen LogP contribution in [0.5, 0.6) is 11.5 Å². The van der Waals surface area contributed by atoms with Crippen LogP contribution >= 0.6 is 0 Å². The van der Waals surface area contributed by atoms with E-state index in [4.69, 9.17) is 14.6 Å². The standard InChI is InChI=1S/C13H13NO4/c1-17-8-3-4-9(11(7-8)18-2)10-5-6-14-12(10)13(15)16/h3-7,14H,1-2H3,(H,15,16). The Kier molecular flexibility index (Phi) is 3.23. The van der Waals surface area contributed by atoms with E-state index in [1.807, 2.05) is 0 Å². The lowest BCUT2D eigenvalue weighted by atomic mass is 10.0. The third-order valence-corrected chi connectivity index (χ3v) is 2.66. The van der Waals surface area contributed by atoms with Crippen LogP contribution in [0.3, 0.4) is 0 Å². The normalized spacial score (nSPS) is 10.1. The highest BCUT2D eigenvalue weighted by Gasteiger charge is 2.16. The number of rotatable bonds is 4. The molecule has 1 aromatic heterocycles. The molecule has 0 bridgehead atoms. The highest BCUT2D eigenvalue weighted by atomic mass is 16.5. The molecular formula is C13H13NO4. The fraction of sp³-hybridized carbons (Fsp3) is 0.154. The molecule has 2 rings (SSSR count). The summed E-state index contributed by atoms with van der Waals surface area (Å²) in [5, 5.41) is 9.08. The lowest BCUT2D eigenvalue weighted by Crippen LogP contribution is -1.99. The molecule has 0 radical (unpaired) electrons. The number of nitrogens with one attached hydrogen (secondary N) is 1. The highest BCUT2D eigenvalue weighted by molar-refractivity contribution is 5.95. The number of carboxylic acids is 1. The first kappa shape index (κ1) is 12.0. The van der Waals surface area contributed by atoms with Crippen molar-refractivity contribution >= 4 is 5.97 Å². The Balaban J connectivity index is 2.56. The molecule has 0 fully saturated rings. The molecule has 2 aromatic rings. The van der Waals surface area contributed by atoms with Gasteiger partial charge in [0.15, 0.2) is 0 Å². The van der Waals surface area contributed by atoms with Crippen LogP contribution in [0.1, 0.15) is 10.5 Å². The molecule has 0 aliphatic rings. The number of ether oxygens (including phenoxy) is 2. The van der Waals surface area contributed by atoms with Crippen LogP contribution < -0.4 is 9.47 Å². The van der Waals surface area contributed by atoms with Gasteiger partial charge in [0, 0.05) is 23.4 Å². The molecule has 0 saturated heterocycles. The van der Waals surface area contributed by atoms with Crippen LogP contribution in [0.25, 0.3) is 11.1 Å². The Bertz CT molecular complexity index is 574. The van der Waals surface area contributed by atoms with Crippen LogP contribution in [-0.2, 0) is 0 Å². The minimum absolute atomic E-state index is 0.137. The fourth-order valence-electron chi connectivity index (χ4n) is 1.79. The van der Waals surface area contributed by atoms with E-state index >= 15 is 0 Å². The third kappa shape index (κ3) is 2.02. The summed E-state index contributed by atoms with van der Waals surface area (Å²) in [4.78, 5) is 13.8. The predicted octanol–water partition coefficient (Wildman–Crippen LogP) is 2.40. The Labute approximate surface area is 104 Å². The number of aromatic amines is 1. The zero-order valence-corrected chi connectivity index (χ0v) is 10.1. The van der Waals surface area contributed by atoms with Crippen molar-refractivity contribution in [3.8, 4) is 22.6 Å². The highest BCUT2D eigenvalue weighted by Crippen LogP contribution is 2.34. The smallest absolute Gasteiger partial charge is 0.352 e. The number of aromatic carboxylic acids is 1. The number of carbonyl (C=O) groups is 1. The zero-order valence-electron chi connectivity index (χ0n) is 10.1. The van der Waals surface area contributed by atoms with Crippen LogP contribution in [0.4, 0.5) is 0 Å². The van der Waals surface area contributed by atoms with E-state index in [2.05, 4.69) is 4.98 Å². The molecule has 0 atom stereocenters. The quantitative estimate of drug-likeness (QED) is 0.870. The number of hydrogen-bond donors (Lipinski definition) is 2. The van der Waals surface area contributed by atoms with Crippen molar-refractivity contribution in [3.05, 3.63) is 36.2 Å². The van der Waals surface area contributed by atoms with Gasteiger partial charge in [-0.05, 0) is 18.2 Å². The Morgan fingerprint density at radius 2 is 1.94 bits per heavy atom. The number of H-pyrrole nitrogens is 1. The summed E-state index contributed by atoms with van der Waals surface area (Å²) in [6.45, 7) is 0. The van der Waals surface area contributed by atoms with Gasteiger partial charge in [0.25, 0.3) is 0 Å². The topological polar surface area (TPSA) is 71.6 Å². The molecule has 2 N–H and O–H groups in total. The van der Waals surface area contributed by atoms with Crippen molar-refractivity contribution in [3.63, 3.8) is 0 Å². The number of benzene rings is 1. The second-order valence-electron chi connectivity index (χ2n) is 3.64. The van der Waals surface area contributed by atoms with Crippen LogP contribution in [-0.4, -0.2) is 30.3 Å². The van der Waals surface area contributed by atoms with Gasteiger partial charge in [-0.3, -0.25) is 0 Å². The van der Waals surface area contributed by atoms with Crippen molar-refractivity contribution in [2.45, 2.75) is 0 Å². The van der Waals surface area contributed by atoms with Gasteiger partial charge in [0.2, 0.25) is 0 Å². The third-order valence-electron chi connectivity index (χ3n) is 2.66. The first-order chi connectivity index (χ1) is 8.67. The minimum atomic E-state index is -1.01. The fourth-order valence-corrected chi connectivity index (χ4v) is 1.79. The molecule has 0 unspecified atom stereocenters. The zero-order chi connectivity index (χ0) is 13.1. The monoisotopic (exact) mass is 247 g/mol. The molecule has 0 aliphatic carbocycles. The van der Waals surface area contributed by atoms with E-state index in [1.165, 1.54) is 7.11 Å². The van der Waals surface area contributed by atoms with E-state index in [0.29, 0.717) is 22.6 Å². The predicted molar refractivity (Wildman–Crippen MR) is 66.3 cm³/mol. The summed E-state index contributed by atoms with van der Waals surface area (Å²) < 4.78 is 10.4. The van der Waals surface area contributed by atoms with Gasteiger partial charge >= 0.3 is 5.97 Å². The molecule has 94 valence electrons. The van der Waals surface area contributed by atoms with Crippen molar-refractivity contribution < 1.29 is 19.4 Å². The van der Waals surface area contributed by atoms with E-state index < -0.39 is 5.97 Å². The molecule has 0 amide bonds. The Hall–Kier alpha value is -2.43. The van der Waals surface area contributed by atoms with E-state index in [-0.39, 0.29) is 5.69 Å². The molecule has 0 spiro atoms. The average molecular weight is 247 g/mol. The second kappa shape index (κ2) is 4.83. The maximum Gasteiger partial charge on any atom is 0.352 e. The number of aromatic nitrogens is 1. The summed E-state index contributed by atoms with van der Waals surface area (Å²) >= 11 is 0. The summed E-state index contributed by atoms with van der Waals surface area (Å²) in [7, 11) is 3.10. The van der Waals surface area contributed by atoms with Gasteiger partial charge in [-0.25, -0.2) is 4.79 Å². The maximum atomic E-state index is 11.1. The summed E-state index contributed by atoms with van der Waals surface area (Å²) in [5.74, 6) is 0.215. The number of hydrogen-bond acceptors (Lipinski definition) is 3. The molecule has 18 heavy (non-hydrogen) atoms. The van der Waals surface area contributed by atoms with Gasteiger partial charge in [-0.2, -0.15) is 0 Å². The molecule has 5 heteroatoms. The van der Waals surface area contributed by atoms with Gasteiger partial charge in [-0.15, -0.1) is 0 Å². The first-order valence-electron chi connectivity index (χ1n) is 5.30. The molecule has 5 nitrogen and oxygen atoms in total. The van der Waals surface area contributed by atoms with Crippen molar-refractivity contribution in [2.24, 2.45) is 0 Å². The minimum Gasteiger partial charge on any atom is -0.497 e. The van der Waals surface area contributed by atoms with E-state index in [1.54, 1.807) is 37.6 Å². The van der Waals surface area contributed by atoms with Crippen molar-refractivity contribution in [2.75, 3.05) is 14.2 Å². The number of methoxy groups -OCH3 is 2. The second-order valence-corrected chi connectivity index (χ2v) is 3.64. The summed E-state index contributed by atoms with van der Waals surface area (Å²) in [5.41, 5.74) is 1.43. The molecule has 0 saturated carbocycles. The van der Waals surface area contributed by atoms with Crippen molar-refractivity contribution in [1.82, 2.24) is 4.98 Å². The molecule has 1 aromatic carbocycles. The van der Waals surface area contributed by atoms with Crippen LogP contribution in [0.2, 0.25) is 0 Å². The van der Waals surface area contributed by atoms with E-state index in [9.17, 15) is 4.79 Å². The van der Waals surface area contributed by atoms with Crippen molar-refractivity contribution in [1.29, 1.82) is 0 Å². The lowest BCUT2D eigenvalue weighted by molar-refractivity contribution is 0.0692. The van der Waals surface area contributed by atoms with Crippen LogP contribution in [0.15, 0.2) is 30.5 Å².